The average molecular weight is 160 g/mol. The van der Waals surface area contributed by atoms with E-state index in [0.29, 0.717) is 0 Å². The molecule has 0 amide bonds. The first kappa shape index (κ1) is 6.97. The third-order valence-corrected chi connectivity index (χ3v) is 1.62. The van der Waals surface area contributed by atoms with E-state index in [1.807, 2.05) is 13.0 Å². The first-order chi connectivity index (χ1) is 5.88. The molecule has 60 valence electrons. The van der Waals surface area contributed by atoms with Crippen molar-refractivity contribution in [2.24, 2.45) is 0 Å². The first-order valence-corrected chi connectivity index (χ1v) is 3.65. The van der Waals surface area contributed by atoms with Gasteiger partial charge in [-0.3, -0.25) is 4.98 Å². The summed E-state index contributed by atoms with van der Waals surface area (Å²) < 4.78 is 0. The Bertz CT molecular complexity index is 366. The number of nitrogens with zero attached hydrogens (tertiary/aromatic N) is 4. The lowest BCUT2D eigenvalue weighted by Crippen LogP contribution is -2.00. The third kappa shape index (κ3) is 1.07. The van der Waals surface area contributed by atoms with Crippen LogP contribution in [-0.4, -0.2) is 20.0 Å². The van der Waals surface area contributed by atoms with Gasteiger partial charge in [-0.25, -0.2) is 0 Å². The second-order valence-electron chi connectivity index (χ2n) is 2.48. The molecule has 4 nitrogen and oxygen atoms in total. The predicted octanol–water partition coefficient (Wildman–Crippen LogP) is 0.971. The fourth-order valence-corrected chi connectivity index (χ4v) is 1.03. The number of aryl methyl sites for hydroxylation is 1. The zero-order valence-corrected chi connectivity index (χ0v) is 6.68. The zero-order valence-electron chi connectivity index (χ0n) is 6.68. The molecule has 0 fully saturated rings. The molecule has 2 aromatic rings. The van der Waals surface area contributed by atoms with Crippen molar-refractivity contribution < 1.29 is 0 Å². The predicted molar refractivity (Wildman–Crippen MR) is 43.9 cm³/mol. The van der Waals surface area contributed by atoms with Gasteiger partial charge in [0.2, 0.25) is 0 Å². The molecule has 2 aromatic heterocycles. The van der Waals surface area contributed by atoms with Gasteiger partial charge < -0.3 is 0 Å². The molecule has 0 unspecified atom stereocenters. The maximum absolute atomic E-state index is 4.03. The molecule has 0 aromatic carbocycles. The minimum atomic E-state index is 0.968. The maximum Gasteiger partial charge on any atom is 0.0916 e. The molecule has 0 aliphatic carbocycles. The zero-order chi connectivity index (χ0) is 8.39. The van der Waals surface area contributed by atoms with Crippen molar-refractivity contribution in [1.82, 2.24) is 20.0 Å². The summed E-state index contributed by atoms with van der Waals surface area (Å²) in [7, 11) is 0. The molecular formula is C8H8N4. The number of rotatable bonds is 1. The van der Waals surface area contributed by atoms with Crippen LogP contribution >= 0.6 is 0 Å². The molecule has 0 atom stereocenters. The van der Waals surface area contributed by atoms with Gasteiger partial charge in [0.15, 0.2) is 0 Å². The van der Waals surface area contributed by atoms with Gasteiger partial charge in [0.1, 0.15) is 0 Å². The van der Waals surface area contributed by atoms with Crippen LogP contribution in [0.3, 0.4) is 0 Å². The highest BCUT2D eigenvalue weighted by Gasteiger charge is 1.99. The fraction of sp³-hybridized carbons (Fsp3) is 0.125. The quantitative estimate of drug-likeness (QED) is 0.624. The lowest BCUT2D eigenvalue weighted by Gasteiger charge is -2.01. The standard InChI is InChI=1S/C8H8N4/c1-7-6-9-3-2-8(7)12-10-4-5-11-12/h2-6H,1H3. The molecule has 4 heteroatoms. The SMILES string of the molecule is Cc1cnccc1-n1nccn1. The van der Waals surface area contributed by atoms with Crippen molar-refractivity contribution in [3.05, 3.63) is 36.4 Å². The minimum absolute atomic E-state index is 0.968. The highest BCUT2D eigenvalue weighted by Crippen LogP contribution is 2.07. The molecule has 0 aliphatic heterocycles. The van der Waals surface area contributed by atoms with Crippen molar-refractivity contribution in [2.75, 3.05) is 0 Å². The molecule has 0 radical (unpaired) electrons. The summed E-state index contributed by atoms with van der Waals surface area (Å²) >= 11 is 0. The van der Waals surface area contributed by atoms with E-state index >= 15 is 0 Å². The Hall–Kier alpha value is -1.71. The van der Waals surface area contributed by atoms with Crippen LogP contribution in [0.15, 0.2) is 30.9 Å². The van der Waals surface area contributed by atoms with Gasteiger partial charge in [0.05, 0.1) is 18.1 Å². The van der Waals surface area contributed by atoms with Gasteiger partial charge in [-0.05, 0) is 18.6 Å². The summed E-state index contributed by atoms with van der Waals surface area (Å²) in [5.74, 6) is 0. The third-order valence-electron chi connectivity index (χ3n) is 1.62. The average Bonchev–Trinajstić information content (AvgIpc) is 2.57. The van der Waals surface area contributed by atoms with E-state index in [4.69, 9.17) is 0 Å². The molecular weight excluding hydrogens is 152 g/mol. The number of hydrogen-bond donors (Lipinski definition) is 0. The first-order valence-electron chi connectivity index (χ1n) is 3.65. The van der Waals surface area contributed by atoms with E-state index in [-0.39, 0.29) is 0 Å². The van der Waals surface area contributed by atoms with Gasteiger partial charge in [0, 0.05) is 12.4 Å². The summed E-state index contributed by atoms with van der Waals surface area (Å²) in [5.41, 5.74) is 2.03. The van der Waals surface area contributed by atoms with Crippen LogP contribution in [0.1, 0.15) is 5.56 Å². The van der Waals surface area contributed by atoms with Crippen LogP contribution in [0.25, 0.3) is 5.69 Å². The van der Waals surface area contributed by atoms with Crippen LogP contribution in [-0.2, 0) is 0 Å². The van der Waals surface area contributed by atoms with Gasteiger partial charge in [-0.2, -0.15) is 15.0 Å². The van der Waals surface area contributed by atoms with E-state index in [2.05, 4.69) is 15.2 Å². The largest absolute Gasteiger partial charge is 0.264 e. The summed E-state index contributed by atoms with van der Waals surface area (Å²) in [6.07, 6.45) is 6.82. The molecule has 0 spiro atoms. The molecule has 12 heavy (non-hydrogen) atoms. The molecule has 2 heterocycles. The van der Waals surface area contributed by atoms with Crippen molar-refractivity contribution in [3.63, 3.8) is 0 Å². The Labute approximate surface area is 69.9 Å². The molecule has 0 N–H and O–H groups in total. The van der Waals surface area contributed by atoms with Crippen molar-refractivity contribution in [3.8, 4) is 5.69 Å². The number of aromatic nitrogens is 4. The number of pyridine rings is 1. The van der Waals surface area contributed by atoms with Crippen LogP contribution in [0.2, 0.25) is 0 Å². The van der Waals surface area contributed by atoms with Crippen LogP contribution in [0.5, 0.6) is 0 Å². The fourth-order valence-electron chi connectivity index (χ4n) is 1.03. The highest BCUT2D eigenvalue weighted by molar-refractivity contribution is 5.34. The Morgan fingerprint density at radius 3 is 2.58 bits per heavy atom. The molecule has 2 rings (SSSR count). The molecule has 0 saturated carbocycles. The maximum atomic E-state index is 4.03. The summed E-state index contributed by atoms with van der Waals surface area (Å²) in [5, 5.41) is 8.05. The van der Waals surface area contributed by atoms with Crippen molar-refractivity contribution in [1.29, 1.82) is 0 Å². The minimum Gasteiger partial charge on any atom is -0.264 e. The van der Waals surface area contributed by atoms with Crippen molar-refractivity contribution in [2.45, 2.75) is 6.92 Å². The number of hydrogen-bond acceptors (Lipinski definition) is 3. The van der Waals surface area contributed by atoms with Gasteiger partial charge in [0.25, 0.3) is 0 Å². The lowest BCUT2D eigenvalue weighted by atomic mass is 10.3. The monoisotopic (exact) mass is 160 g/mol. The molecule has 0 saturated heterocycles. The normalized spacial score (nSPS) is 10.1. The smallest absolute Gasteiger partial charge is 0.0916 e. The second-order valence-corrected chi connectivity index (χ2v) is 2.48. The van der Waals surface area contributed by atoms with E-state index < -0.39 is 0 Å². The Morgan fingerprint density at radius 2 is 1.92 bits per heavy atom. The molecule has 0 bridgehead atoms. The molecule has 0 aliphatic rings. The summed E-state index contributed by atoms with van der Waals surface area (Å²) in [6.45, 7) is 1.98. The Balaban J connectivity index is 2.55. The van der Waals surface area contributed by atoms with E-state index in [1.54, 1.807) is 29.6 Å². The van der Waals surface area contributed by atoms with Crippen LogP contribution in [0, 0.1) is 6.92 Å². The van der Waals surface area contributed by atoms with E-state index in [9.17, 15) is 0 Å². The lowest BCUT2D eigenvalue weighted by molar-refractivity contribution is 0.745. The summed E-state index contributed by atoms with van der Waals surface area (Å²) in [4.78, 5) is 5.57. The van der Waals surface area contributed by atoms with Crippen LogP contribution < -0.4 is 0 Å². The van der Waals surface area contributed by atoms with E-state index in [0.717, 1.165) is 11.3 Å². The Morgan fingerprint density at radius 1 is 1.17 bits per heavy atom. The van der Waals surface area contributed by atoms with Crippen molar-refractivity contribution >= 4 is 0 Å². The second kappa shape index (κ2) is 2.73. The van der Waals surface area contributed by atoms with Gasteiger partial charge >= 0.3 is 0 Å². The van der Waals surface area contributed by atoms with Gasteiger partial charge in [-0.15, -0.1) is 0 Å². The topological polar surface area (TPSA) is 43.6 Å². The Kier molecular flexibility index (Phi) is 1.59. The highest BCUT2D eigenvalue weighted by atomic mass is 15.5. The van der Waals surface area contributed by atoms with Gasteiger partial charge in [-0.1, -0.05) is 0 Å². The summed E-state index contributed by atoms with van der Waals surface area (Å²) in [6, 6.07) is 1.88. The van der Waals surface area contributed by atoms with Crippen LogP contribution in [0.4, 0.5) is 0 Å². The van der Waals surface area contributed by atoms with E-state index in [1.165, 1.54) is 0 Å².